The number of hydrogen-bond donors (Lipinski definition) is 1. The van der Waals surface area contributed by atoms with Gasteiger partial charge in [0.25, 0.3) is 0 Å². The van der Waals surface area contributed by atoms with Gasteiger partial charge in [-0.2, -0.15) is 0 Å². The van der Waals surface area contributed by atoms with Crippen LogP contribution in [0, 0.1) is 5.82 Å². The molecule has 1 atom stereocenters. The number of carbonyl (C=O) groups excluding carboxylic acids is 1. The van der Waals surface area contributed by atoms with E-state index in [1.165, 1.54) is 19.2 Å². The largest absolute Gasteiger partial charge is 0.495 e. The van der Waals surface area contributed by atoms with E-state index in [9.17, 15) is 9.18 Å². The van der Waals surface area contributed by atoms with Gasteiger partial charge in [-0.15, -0.1) is 10.2 Å². The number of nitrogens with zero attached hydrogens (tertiary/aromatic N) is 3. The Morgan fingerprint density at radius 1 is 1.27 bits per heavy atom. The summed E-state index contributed by atoms with van der Waals surface area (Å²) in [6.07, 6.45) is 1.63. The molecule has 1 saturated heterocycles. The first-order valence-electron chi connectivity index (χ1n) is 9.52. The van der Waals surface area contributed by atoms with E-state index in [-0.39, 0.29) is 17.8 Å². The van der Waals surface area contributed by atoms with Gasteiger partial charge in [-0.3, -0.25) is 0 Å². The molecule has 1 fully saturated rings. The number of nitrogens with one attached hydrogen (secondary N) is 1. The number of carbonyl (C=O) groups is 1. The van der Waals surface area contributed by atoms with Gasteiger partial charge in [0.1, 0.15) is 11.6 Å². The van der Waals surface area contributed by atoms with Crippen LogP contribution in [0.15, 0.2) is 46.9 Å². The maximum atomic E-state index is 13.1. The third-order valence-corrected chi connectivity index (χ3v) is 5.23. The van der Waals surface area contributed by atoms with Crippen molar-refractivity contribution < 1.29 is 18.3 Å². The summed E-state index contributed by atoms with van der Waals surface area (Å²) in [7, 11) is 1.53. The number of methoxy groups -OCH3 is 1. The van der Waals surface area contributed by atoms with E-state index in [1.807, 2.05) is 0 Å². The van der Waals surface area contributed by atoms with Crippen LogP contribution in [0.3, 0.4) is 0 Å². The van der Waals surface area contributed by atoms with E-state index in [0.29, 0.717) is 46.9 Å². The third kappa shape index (κ3) is 4.38. The van der Waals surface area contributed by atoms with Crippen LogP contribution >= 0.6 is 11.6 Å². The van der Waals surface area contributed by atoms with Crippen molar-refractivity contribution >= 4 is 23.3 Å². The van der Waals surface area contributed by atoms with Crippen molar-refractivity contribution in [2.24, 2.45) is 0 Å². The normalized spacial score (nSPS) is 16.4. The molecule has 0 spiro atoms. The molecule has 1 N–H and O–H groups in total. The average molecular weight is 431 g/mol. The first kappa shape index (κ1) is 20.2. The van der Waals surface area contributed by atoms with Crippen molar-refractivity contribution in [2.75, 3.05) is 25.5 Å². The van der Waals surface area contributed by atoms with E-state index in [4.69, 9.17) is 20.8 Å². The SMILES string of the molecule is COc1ccc(Cl)cc1NC(=O)N1CCCC(c2nnc(-c3ccc(F)cc3)o2)C1. The van der Waals surface area contributed by atoms with Crippen molar-refractivity contribution in [2.45, 2.75) is 18.8 Å². The van der Waals surface area contributed by atoms with Crippen molar-refractivity contribution in [1.82, 2.24) is 15.1 Å². The highest BCUT2D eigenvalue weighted by Gasteiger charge is 2.29. The molecule has 1 aromatic heterocycles. The molecular weight excluding hydrogens is 411 g/mol. The van der Waals surface area contributed by atoms with Crippen molar-refractivity contribution in [3.63, 3.8) is 0 Å². The van der Waals surface area contributed by atoms with Crippen LogP contribution in [0.5, 0.6) is 5.75 Å². The highest BCUT2D eigenvalue weighted by atomic mass is 35.5. The Balaban J connectivity index is 1.45. The van der Waals surface area contributed by atoms with E-state index in [0.717, 1.165) is 12.8 Å². The second kappa shape index (κ2) is 8.71. The summed E-state index contributed by atoms with van der Waals surface area (Å²) in [6, 6.07) is 10.7. The Bertz CT molecular complexity index is 1040. The summed E-state index contributed by atoms with van der Waals surface area (Å²) in [5, 5.41) is 11.6. The second-order valence-corrected chi connectivity index (χ2v) is 7.45. The summed E-state index contributed by atoms with van der Waals surface area (Å²) in [5.74, 6) is 0.917. The molecule has 9 heteroatoms. The quantitative estimate of drug-likeness (QED) is 0.633. The van der Waals surface area contributed by atoms with Crippen LogP contribution in [0.1, 0.15) is 24.7 Å². The number of halogens is 2. The van der Waals surface area contributed by atoms with Gasteiger partial charge >= 0.3 is 6.03 Å². The van der Waals surface area contributed by atoms with Crippen molar-refractivity contribution in [3.05, 3.63) is 59.2 Å². The highest BCUT2D eigenvalue weighted by molar-refractivity contribution is 6.31. The number of likely N-dealkylation sites (tertiary alicyclic amines) is 1. The van der Waals surface area contributed by atoms with E-state index in [2.05, 4.69) is 15.5 Å². The lowest BCUT2D eigenvalue weighted by Crippen LogP contribution is -2.41. The molecule has 156 valence electrons. The number of hydrogen-bond acceptors (Lipinski definition) is 5. The molecule has 1 aliphatic rings. The molecule has 30 heavy (non-hydrogen) atoms. The summed E-state index contributed by atoms with van der Waals surface area (Å²) >= 11 is 6.04. The fourth-order valence-electron chi connectivity index (χ4n) is 3.44. The molecule has 2 amide bonds. The van der Waals surface area contributed by atoms with E-state index < -0.39 is 0 Å². The first-order valence-corrected chi connectivity index (χ1v) is 9.90. The highest BCUT2D eigenvalue weighted by Crippen LogP contribution is 2.31. The van der Waals surface area contributed by atoms with Crippen molar-refractivity contribution in [3.8, 4) is 17.2 Å². The molecule has 4 rings (SSSR count). The van der Waals surface area contributed by atoms with Crippen LogP contribution < -0.4 is 10.1 Å². The van der Waals surface area contributed by atoms with Gasteiger partial charge in [0, 0.05) is 23.7 Å². The number of amides is 2. The van der Waals surface area contributed by atoms with Gasteiger partial charge in [0.05, 0.1) is 18.7 Å². The number of piperidine rings is 1. The zero-order valence-electron chi connectivity index (χ0n) is 16.3. The number of rotatable bonds is 4. The first-order chi connectivity index (χ1) is 14.5. The summed E-state index contributed by atoms with van der Waals surface area (Å²) in [5.41, 5.74) is 1.15. The Hall–Kier alpha value is -3.13. The Kier molecular flexibility index (Phi) is 5.85. The van der Waals surface area contributed by atoms with Crippen LogP contribution in [-0.2, 0) is 0 Å². The molecule has 7 nitrogen and oxygen atoms in total. The maximum absolute atomic E-state index is 13.1. The minimum atomic E-state index is -0.330. The molecule has 3 aromatic rings. The Morgan fingerprint density at radius 2 is 2.07 bits per heavy atom. The predicted octanol–water partition coefficient (Wildman–Crippen LogP) is 4.95. The summed E-state index contributed by atoms with van der Waals surface area (Å²) < 4.78 is 24.2. The van der Waals surface area contributed by atoms with Crippen LogP contribution in [0.2, 0.25) is 5.02 Å². The summed E-state index contributed by atoms with van der Waals surface area (Å²) in [4.78, 5) is 14.5. The lowest BCUT2D eigenvalue weighted by molar-refractivity contribution is 0.187. The molecule has 1 aliphatic heterocycles. The van der Waals surface area contributed by atoms with Crippen molar-refractivity contribution in [1.29, 1.82) is 0 Å². The Morgan fingerprint density at radius 3 is 2.83 bits per heavy atom. The topological polar surface area (TPSA) is 80.5 Å². The standard InChI is InChI=1S/C21H20ClFN4O3/c1-29-18-9-6-15(22)11-17(18)24-21(28)27-10-2-3-14(12-27)20-26-25-19(30-20)13-4-7-16(23)8-5-13/h4-9,11,14H,2-3,10,12H2,1H3,(H,24,28). The molecule has 2 aromatic carbocycles. The molecule has 0 radical (unpaired) electrons. The van der Waals surface area contributed by atoms with Gasteiger partial charge in [-0.05, 0) is 55.3 Å². The molecule has 2 heterocycles. The molecule has 0 aliphatic carbocycles. The van der Waals surface area contributed by atoms with Crippen LogP contribution in [-0.4, -0.2) is 41.3 Å². The fourth-order valence-corrected chi connectivity index (χ4v) is 3.62. The number of benzene rings is 2. The minimum Gasteiger partial charge on any atom is -0.495 e. The zero-order chi connectivity index (χ0) is 21.1. The van der Waals surface area contributed by atoms with Crippen LogP contribution in [0.25, 0.3) is 11.5 Å². The smallest absolute Gasteiger partial charge is 0.321 e. The fraction of sp³-hybridized carbons (Fsp3) is 0.286. The zero-order valence-corrected chi connectivity index (χ0v) is 17.0. The van der Waals surface area contributed by atoms with E-state index in [1.54, 1.807) is 35.2 Å². The molecular formula is C21H20ClFN4O3. The van der Waals surface area contributed by atoms with Crippen LogP contribution in [0.4, 0.5) is 14.9 Å². The molecule has 0 bridgehead atoms. The van der Waals surface area contributed by atoms with Gasteiger partial charge < -0.3 is 19.4 Å². The number of ether oxygens (including phenoxy) is 1. The Labute approximate surface area is 177 Å². The van der Waals surface area contributed by atoms with Gasteiger partial charge in [-0.25, -0.2) is 9.18 Å². The molecule has 0 saturated carbocycles. The molecule has 1 unspecified atom stereocenters. The maximum Gasteiger partial charge on any atom is 0.321 e. The number of urea groups is 1. The predicted molar refractivity (Wildman–Crippen MR) is 110 cm³/mol. The average Bonchev–Trinajstić information content (AvgIpc) is 3.25. The lowest BCUT2D eigenvalue weighted by atomic mass is 9.98. The van der Waals surface area contributed by atoms with Gasteiger partial charge in [0.2, 0.25) is 11.8 Å². The van der Waals surface area contributed by atoms with Gasteiger partial charge in [-0.1, -0.05) is 11.6 Å². The number of aromatic nitrogens is 2. The number of anilines is 1. The minimum absolute atomic E-state index is 0.0764. The lowest BCUT2D eigenvalue weighted by Gasteiger charge is -2.31. The summed E-state index contributed by atoms with van der Waals surface area (Å²) in [6.45, 7) is 1.06. The monoisotopic (exact) mass is 430 g/mol. The second-order valence-electron chi connectivity index (χ2n) is 7.01. The van der Waals surface area contributed by atoms with Gasteiger partial charge in [0.15, 0.2) is 0 Å². The third-order valence-electron chi connectivity index (χ3n) is 4.99. The van der Waals surface area contributed by atoms with E-state index >= 15 is 0 Å².